The topological polar surface area (TPSA) is 82.3 Å². The van der Waals surface area contributed by atoms with Gasteiger partial charge in [0.25, 0.3) is 0 Å². The van der Waals surface area contributed by atoms with Gasteiger partial charge in [-0.25, -0.2) is 4.79 Å². The Labute approximate surface area is 157 Å². The lowest BCUT2D eigenvalue weighted by Crippen LogP contribution is -2.43. The van der Waals surface area contributed by atoms with Gasteiger partial charge in [0.2, 0.25) is 5.91 Å². The fourth-order valence-electron chi connectivity index (χ4n) is 2.77. The Balaban J connectivity index is 1.51. The number of hydrogen-bond acceptors (Lipinski definition) is 3. The molecular weight excluding hydrogens is 352 g/mol. The van der Waals surface area contributed by atoms with E-state index in [0.717, 1.165) is 25.8 Å². The molecule has 2 aromatic rings. The van der Waals surface area contributed by atoms with E-state index in [0.29, 0.717) is 22.1 Å². The Kier molecular flexibility index (Phi) is 6.09. The van der Waals surface area contributed by atoms with E-state index in [1.165, 1.54) is 0 Å². The number of benzene rings is 2. The molecule has 0 aromatic heterocycles. The summed E-state index contributed by atoms with van der Waals surface area (Å²) in [5.41, 5.74) is 1.98. The molecule has 1 fully saturated rings. The van der Waals surface area contributed by atoms with Crippen LogP contribution in [-0.2, 0) is 4.79 Å². The van der Waals surface area contributed by atoms with Gasteiger partial charge in [-0.05, 0) is 67.9 Å². The van der Waals surface area contributed by atoms with Crippen molar-refractivity contribution in [2.75, 3.05) is 22.5 Å². The average molecular weight is 373 g/mol. The normalized spacial score (nSPS) is 16.6. The fraction of sp³-hybridized carbons (Fsp3) is 0.263. The third kappa shape index (κ3) is 5.21. The summed E-state index contributed by atoms with van der Waals surface area (Å²) in [6, 6.07) is 13.4. The maximum atomic E-state index is 12.2. The molecule has 1 saturated heterocycles. The van der Waals surface area contributed by atoms with Gasteiger partial charge in [0, 0.05) is 22.1 Å². The number of nitrogens with one attached hydrogen (secondary N) is 4. The molecule has 6 nitrogen and oxygen atoms in total. The first-order valence-electron chi connectivity index (χ1n) is 8.58. The highest BCUT2D eigenvalue weighted by atomic mass is 35.5. The minimum atomic E-state index is -0.351. The van der Waals surface area contributed by atoms with Gasteiger partial charge in [-0.3, -0.25) is 4.79 Å². The maximum absolute atomic E-state index is 12.2. The Morgan fingerprint density at radius 1 is 0.846 bits per heavy atom. The standard InChI is InChI=1S/C19H21ClN4O2/c20-13-4-6-15(7-5-13)23-19(26)24-16-10-8-14(9-11-16)22-18(25)17-3-1-2-12-21-17/h4-11,17,21H,1-3,12H2,(H,22,25)(H2,23,24,26). The Bertz CT molecular complexity index is 756. The van der Waals surface area contributed by atoms with Crippen LogP contribution >= 0.6 is 11.6 Å². The monoisotopic (exact) mass is 372 g/mol. The lowest BCUT2D eigenvalue weighted by molar-refractivity contribution is -0.118. The minimum Gasteiger partial charge on any atom is -0.325 e. The van der Waals surface area contributed by atoms with Crippen LogP contribution in [0.3, 0.4) is 0 Å². The number of carbonyl (C=O) groups excluding carboxylic acids is 2. The summed E-state index contributed by atoms with van der Waals surface area (Å²) in [5, 5.41) is 12.2. The number of rotatable bonds is 4. The van der Waals surface area contributed by atoms with Gasteiger partial charge in [0.1, 0.15) is 0 Å². The number of halogens is 1. The summed E-state index contributed by atoms with van der Waals surface area (Å²) in [6.07, 6.45) is 3.04. The Hall–Kier alpha value is -2.57. The van der Waals surface area contributed by atoms with Crippen LogP contribution in [0.4, 0.5) is 21.9 Å². The van der Waals surface area contributed by atoms with E-state index in [4.69, 9.17) is 11.6 Å². The van der Waals surface area contributed by atoms with Crippen molar-refractivity contribution >= 4 is 40.6 Å². The predicted octanol–water partition coefficient (Wildman–Crippen LogP) is 4.06. The van der Waals surface area contributed by atoms with E-state index >= 15 is 0 Å². The van der Waals surface area contributed by atoms with Crippen LogP contribution in [0.1, 0.15) is 19.3 Å². The molecule has 0 spiro atoms. The van der Waals surface area contributed by atoms with Gasteiger partial charge >= 0.3 is 6.03 Å². The number of amides is 3. The molecule has 0 bridgehead atoms. The SMILES string of the molecule is O=C(Nc1ccc(Cl)cc1)Nc1ccc(NC(=O)C2CCCCN2)cc1. The number of urea groups is 1. The maximum Gasteiger partial charge on any atom is 0.323 e. The number of carbonyl (C=O) groups is 2. The first-order valence-corrected chi connectivity index (χ1v) is 8.96. The molecule has 0 saturated carbocycles. The lowest BCUT2D eigenvalue weighted by Gasteiger charge is -2.22. The molecule has 0 radical (unpaired) electrons. The molecule has 2 aromatic carbocycles. The first-order chi connectivity index (χ1) is 12.6. The van der Waals surface area contributed by atoms with Crippen molar-refractivity contribution in [3.8, 4) is 0 Å². The van der Waals surface area contributed by atoms with E-state index in [1.54, 1.807) is 48.5 Å². The van der Waals surface area contributed by atoms with Gasteiger partial charge in [0.15, 0.2) is 0 Å². The third-order valence-corrected chi connectivity index (χ3v) is 4.39. The molecule has 1 heterocycles. The van der Waals surface area contributed by atoms with Crippen LogP contribution in [0.2, 0.25) is 5.02 Å². The van der Waals surface area contributed by atoms with Crippen LogP contribution in [0.15, 0.2) is 48.5 Å². The van der Waals surface area contributed by atoms with Crippen molar-refractivity contribution in [2.24, 2.45) is 0 Å². The summed E-state index contributed by atoms with van der Waals surface area (Å²) in [5.74, 6) is -0.0223. The van der Waals surface area contributed by atoms with Crippen molar-refractivity contribution in [1.82, 2.24) is 5.32 Å². The number of anilines is 3. The molecule has 0 aliphatic carbocycles. The van der Waals surface area contributed by atoms with E-state index in [9.17, 15) is 9.59 Å². The van der Waals surface area contributed by atoms with Crippen molar-refractivity contribution < 1.29 is 9.59 Å². The van der Waals surface area contributed by atoms with E-state index in [2.05, 4.69) is 21.3 Å². The number of hydrogen-bond donors (Lipinski definition) is 4. The zero-order chi connectivity index (χ0) is 18.4. The molecule has 1 aliphatic rings. The summed E-state index contributed by atoms with van der Waals surface area (Å²) in [7, 11) is 0. The van der Waals surface area contributed by atoms with Crippen molar-refractivity contribution in [2.45, 2.75) is 25.3 Å². The van der Waals surface area contributed by atoms with Crippen molar-refractivity contribution in [1.29, 1.82) is 0 Å². The van der Waals surface area contributed by atoms with Crippen molar-refractivity contribution in [3.63, 3.8) is 0 Å². The molecule has 1 atom stereocenters. The summed E-state index contributed by atoms with van der Waals surface area (Å²) < 4.78 is 0. The molecule has 3 amide bonds. The zero-order valence-electron chi connectivity index (χ0n) is 14.2. The predicted molar refractivity (Wildman–Crippen MR) is 105 cm³/mol. The molecule has 136 valence electrons. The van der Waals surface area contributed by atoms with Crippen LogP contribution in [-0.4, -0.2) is 24.5 Å². The lowest BCUT2D eigenvalue weighted by atomic mass is 10.0. The Morgan fingerprint density at radius 3 is 1.92 bits per heavy atom. The second-order valence-corrected chi connectivity index (χ2v) is 6.59. The highest BCUT2D eigenvalue weighted by Gasteiger charge is 2.20. The molecule has 7 heteroatoms. The van der Waals surface area contributed by atoms with Gasteiger partial charge in [-0.2, -0.15) is 0 Å². The van der Waals surface area contributed by atoms with Crippen molar-refractivity contribution in [3.05, 3.63) is 53.6 Å². The first kappa shape index (κ1) is 18.2. The molecule has 26 heavy (non-hydrogen) atoms. The van der Waals surface area contributed by atoms with Crippen LogP contribution in [0.25, 0.3) is 0 Å². The smallest absolute Gasteiger partial charge is 0.323 e. The molecular formula is C19H21ClN4O2. The zero-order valence-corrected chi connectivity index (χ0v) is 15.0. The second-order valence-electron chi connectivity index (χ2n) is 6.16. The molecule has 1 aliphatic heterocycles. The van der Waals surface area contributed by atoms with Gasteiger partial charge in [0.05, 0.1) is 6.04 Å². The molecule has 3 rings (SSSR count). The van der Waals surface area contributed by atoms with Gasteiger partial charge < -0.3 is 21.3 Å². The van der Waals surface area contributed by atoms with E-state index in [1.807, 2.05) is 0 Å². The highest BCUT2D eigenvalue weighted by molar-refractivity contribution is 6.30. The summed E-state index contributed by atoms with van der Waals surface area (Å²) in [4.78, 5) is 24.2. The van der Waals surface area contributed by atoms with Gasteiger partial charge in [-0.15, -0.1) is 0 Å². The van der Waals surface area contributed by atoms with Crippen LogP contribution < -0.4 is 21.3 Å². The van der Waals surface area contributed by atoms with E-state index < -0.39 is 0 Å². The largest absolute Gasteiger partial charge is 0.325 e. The average Bonchev–Trinajstić information content (AvgIpc) is 2.66. The summed E-state index contributed by atoms with van der Waals surface area (Å²) in [6.45, 7) is 0.879. The quantitative estimate of drug-likeness (QED) is 0.653. The highest BCUT2D eigenvalue weighted by Crippen LogP contribution is 2.17. The molecule has 4 N–H and O–H groups in total. The van der Waals surface area contributed by atoms with Crippen LogP contribution in [0, 0.1) is 0 Å². The molecule has 1 unspecified atom stereocenters. The summed E-state index contributed by atoms with van der Waals surface area (Å²) >= 11 is 5.82. The number of piperidine rings is 1. The van der Waals surface area contributed by atoms with Crippen LogP contribution in [0.5, 0.6) is 0 Å². The Morgan fingerprint density at radius 2 is 1.38 bits per heavy atom. The van der Waals surface area contributed by atoms with Gasteiger partial charge in [-0.1, -0.05) is 18.0 Å². The second kappa shape index (κ2) is 8.69. The minimum absolute atomic E-state index is 0.0223. The third-order valence-electron chi connectivity index (χ3n) is 4.14. The van der Waals surface area contributed by atoms with E-state index in [-0.39, 0.29) is 18.0 Å². The fourth-order valence-corrected chi connectivity index (χ4v) is 2.89.